The van der Waals surface area contributed by atoms with Crippen LogP contribution in [0.5, 0.6) is 5.75 Å². The number of hydrogen-bond donors (Lipinski definition) is 3. The standard InChI is InChI=1S/C23H18N2O5/c26-8-3-7-25-12-17(15-4-1-2-5-18(15)25)20-19(22(28)24-23(20)29)16-11-14(27)10-13-6-9-30-21(13)16/h1-2,4-6,9-12,26-27H,3,7-8H2,(H,24,28,29). The van der Waals surface area contributed by atoms with Crippen LogP contribution in [-0.4, -0.2) is 33.2 Å². The Bertz CT molecular complexity index is 1360. The highest BCUT2D eigenvalue weighted by Gasteiger charge is 2.35. The number of aromatic hydroxyl groups is 1. The van der Waals surface area contributed by atoms with Crippen LogP contribution in [0.1, 0.15) is 17.5 Å². The van der Waals surface area contributed by atoms with Gasteiger partial charge in [0, 0.05) is 46.8 Å². The van der Waals surface area contributed by atoms with E-state index < -0.39 is 11.8 Å². The Morgan fingerprint density at radius 1 is 1.00 bits per heavy atom. The number of nitrogens with zero attached hydrogens (tertiary/aromatic N) is 1. The minimum Gasteiger partial charge on any atom is -0.508 e. The fourth-order valence-electron chi connectivity index (χ4n) is 4.09. The summed E-state index contributed by atoms with van der Waals surface area (Å²) in [4.78, 5) is 25.7. The second-order valence-corrected chi connectivity index (χ2v) is 7.20. The van der Waals surface area contributed by atoms with Gasteiger partial charge in [-0.05, 0) is 30.7 Å². The van der Waals surface area contributed by atoms with Gasteiger partial charge in [-0.25, -0.2) is 0 Å². The number of aryl methyl sites for hydroxylation is 1. The zero-order valence-electron chi connectivity index (χ0n) is 15.9. The molecule has 0 atom stereocenters. The molecule has 0 saturated heterocycles. The molecular weight excluding hydrogens is 384 g/mol. The number of furan rings is 1. The van der Waals surface area contributed by atoms with E-state index in [1.807, 2.05) is 35.0 Å². The van der Waals surface area contributed by atoms with E-state index in [4.69, 9.17) is 4.42 Å². The number of imide groups is 1. The molecule has 0 bridgehead atoms. The molecule has 3 heterocycles. The number of amides is 2. The van der Waals surface area contributed by atoms with Gasteiger partial charge in [0.25, 0.3) is 11.8 Å². The number of rotatable bonds is 5. The maximum absolute atomic E-state index is 12.9. The van der Waals surface area contributed by atoms with Crippen molar-refractivity contribution in [2.75, 3.05) is 6.61 Å². The average molecular weight is 402 g/mol. The number of carbonyl (C=O) groups excluding carboxylic acids is 2. The van der Waals surface area contributed by atoms with Crippen LogP contribution < -0.4 is 5.32 Å². The van der Waals surface area contributed by atoms with Crippen molar-refractivity contribution in [3.05, 3.63) is 66.1 Å². The second-order valence-electron chi connectivity index (χ2n) is 7.20. The van der Waals surface area contributed by atoms with Crippen molar-refractivity contribution in [2.24, 2.45) is 0 Å². The SMILES string of the molecule is O=C1NC(=O)C(c2cc(O)cc3ccoc23)=C1c1cn(CCCO)c2ccccc12. The normalized spacial score (nSPS) is 14.3. The van der Waals surface area contributed by atoms with Crippen molar-refractivity contribution < 1.29 is 24.2 Å². The maximum atomic E-state index is 12.9. The lowest BCUT2D eigenvalue weighted by molar-refractivity contribution is -0.122. The number of aliphatic hydroxyl groups is 1. The third-order valence-corrected chi connectivity index (χ3v) is 5.35. The van der Waals surface area contributed by atoms with E-state index >= 15 is 0 Å². The van der Waals surface area contributed by atoms with Crippen LogP contribution in [0.2, 0.25) is 0 Å². The molecule has 0 fully saturated rings. The van der Waals surface area contributed by atoms with Gasteiger partial charge in [0.15, 0.2) is 0 Å². The molecular formula is C23H18N2O5. The summed E-state index contributed by atoms with van der Waals surface area (Å²) >= 11 is 0. The van der Waals surface area contributed by atoms with E-state index in [0.29, 0.717) is 35.1 Å². The lowest BCUT2D eigenvalue weighted by atomic mass is 9.95. The van der Waals surface area contributed by atoms with E-state index in [2.05, 4.69) is 5.32 Å². The first-order valence-electron chi connectivity index (χ1n) is 9.58. The van der Waals surface area contributed by atoms with Gasteiger partial charge in [-0.1, -0.05) is 18.2 Å². The molecule has 0 radical (unpaired) electrons. The van der Waals surface area contributed by atoms with Crippen molar-refractivity contribution in [1.29, 1.82) is 0 Å². The fraction of sp³-hybridized carbons (Fsp3) is 0.130. The summed E-state index contributed by atoms with van der Waals surface area (Å²) in [5, 5.41) is 23.2. The Morgan fingerprint density at radius 3 is 2.57 bits per heavy atom. The molecule has 30 heavy (non-hydrogen) atoms. The minimum atomic E-state index is -0.537. The minimum absolute atomic E-state index is 0.0247. The van der Waals surface area contributed by atoms with Crippen LogP contribution >= 0.6 is 0 Å². The number of phenols is 1. The third kappa shape index (κ3) is 2.71. The molecule has 2 aromatic heterocycles. The predicted molar refractivity (Wildman–Crippen MR) is 111 cm³/mol. The Hall–Kier alpha value is -3.84. The first-order chi connectivity index (χ1) is 14.6. The predicted octanol–water partition coefficient (Wildman–Crippen LogP) is 3.04. The quantitative estimate of drug-likeness (QED) is 0.445. The number of phenolic OH excluding ortho intramolecular Hbond substituents is 1. The number of aromatic nitrogens is 1. The molecule has 0 unspecified atom stereocenters. The number of fused-ring (bicyclic) bond motifs is 2. The molecule has 0 aliphatic carbocycles. The Balaban J connectivity index is 1.82. The zero-order chi connectivity index (χ0) is 20.8. The van der Waals surface area contributed by atoms with Gasteiger partial charge in [0.2, 0.25) is 0 Å². The zero-order valence-corrected chi connectivity index (χ0v) is 15.9. The number of carbonyl (C=O) groups is 2. The van der Waals surface area contributed by atoms with Crippen molar-refractivity contribution in [3.8, 4) is 5.75 Å². The molecule has 2 aromatic carbocycles. The van der Waals surface area contributed by atoms with Gasteiger partial charge in [0.05, 0.1) is 17.4 Å². The first-order valence-corrected chi connectivity index (χ1v) is 9.58. The van der Waals surface area contributed by atoms with E-state index in [1.54, 1.807) is 6.07 Å². The molecule has 150 valence electrons. The van der Waals surface area contributed by atoms with E-state index in [9.17, 15) is 19.8 Å². The smallest absolute Gasteiger partial charge is 0.259 e. The molecule has 1 aliphatic rings. The van der Waals surface area contributed by atoms with Gasteiger partial charge < -0.3 is 19.2 Å². The molecule has 4 aromatic rings. The second kappa shape index (κ2) is 6.89. The third-order valence-electron chi connectivity index (χ3n) is 5.35. The summed E-state index contributed by atoms with van der Waals surface area (Å²) < 4.78 is 7.53. The fourth-order valence-corrected chi connectivity index (χ4v) is 4.09. The monoisotopic (exact) mass is 402 g/mol. The maximum Gasteiger partial charge on any atom is 0.259 e. The molecule has 2 amide bonds. The summed E-state index contributed by atoms with van der Waals surface area (Å²) in [5.41, 5.74) is 2.71. The van der Waals surface area contributed by atoms with Crippen LogP contribution in [0.3, 0.4) is 0 Å². The van der Waals surface area contributed by atoms with E-state index in [1.165, 1.54) is 18.4 Å². The molecule has 1 aliphatic heterocycles. The van der Waals surface area contributed by atoms with Crippen molar-refractivity contribution >= 4 is 44.8 Å². The molecule has 0 saturated carbocycles. The average Bonchev–Trinajstić information content (AvgIpc) is 3.41. The Kier molecular flexibility index (Phi) is 4.18. The van der Waals surface area contributed by atoms with Crippen LogP contribution in [0.15, 0.2) is 59.3 Å². The van der Waals surface area contributed by atoms with Gasteiger partial charge in [-0.2, -0.15) is 0 Å². The summed E-state index contributed by atoms with van der Waals surface area (Å²) in [6.07, 6.45) is 3.87. The van der Waals surface area contributed by atoms with Crippen LogP contribution in [-0.2, 0) is 16.1 Å². The summed E-state index contributed by atoms with van der Waals surface area (Å²) in [5.74, 6) is -1.06. The molecule has 7 nitrogen and oxygen atoms in total. The molecule has 0 spiro atoms. The number of aliphatic hydroxyl groups excluding tert-OH is 1. The summed E-state index contributed by atoms with van der Waals surface area (Å²) in [6.45, 7) is 0.623. The lowest BCUT2D eigenvalue weighted by Crippen LogP contribution is -2.22. The van der Waals surface area contributed by atoms with Gasteiger partial charge in [0.1, 0.15) is 11.3 Å². The Morgan fingerprint density at radius 2 is 1.77 bits per heavy atom. The van der Waals surface area contributed by atoms with Crippen LogP contribution in [0.4, 0.5) is 0 Å². The van der Waals surface area contributed by atoms with Gasteiger partial charge in [-0.15, -0.1) is 0 Å². The van der Waals surface area contributed by atoms with Gasteiger partial charge >= 0.3 is 0 Å². The number of nitrogens with one attached hydrogen (secondary N) is 1. The van der Waals surface area contributed by atoms with Crippen molar-refractivity contribution in [1.82, 2.24) is 9.88 Å². The van der Waals surface area contributed by atoms with Crippen LogP contribution in [0.25, 0.3) is 33.0 Å². The summed E-state index contributed by atoms with van der Waals surface area (Å²) in [6, 6.07) is 12.3. The van der Waals surface area contributed by atoms with E-state index in [-0.39, 0.29) is 23.5 Å². The number of para-hydroxylation sites is 1. The largest absolute Gasteiger partial charge is 0.508 e. The van der Waals surface area contributed by atoms with Crippen molar-refractivity contribution in [3.63, 3.8) is 0 Å². The number of hydrogen-bond acceptors (Lipinski definition) is 5. The highest BCUT2D eigenvalue weighted by Crippen LogP contribution is 2.39. The van der Waals surface area contributed by atoms with Gasteiger partial charge in [-0.3, -0.25) is 14.9 Å². The van der Waals surface area contributed by atoms with Crippen LogP contribution in [0, 0.1) is 0 Å². The summed E-state index contributed by atoms with van der Waals surface area (Å²) in [7, 11) is 0. The Labute approximate surface area is 170 Å². The highest BCUT2D eigenvalue weighted by atomic mass is 16.3. The first kappa shape index (κ1) is 18.2. The molecule has 5 rings (SSSR count). The topological polar surface area (TPSA) is 105 Å². The van der Waals surface area contributed by atoms with Crippen molar-refractivity contribution in [2.45, 2.75) is 13.0 Å². The molecule has 3 N–H and O–H groups in total. The lowest BCUT2D eigenvalue weighted by Gasteiger charge is -2.06. The highest BCUT2D eigenvalue weighted by molar-refractivity contribution is 6.50. The van der Waals surface area contributed by atoms with E-state index in [0.717, 1.165) is 10.9 Å². The number of benzene rings is 2. The molecule has 7 heteroatoms.